The van der Waals surface area contributed by atoms with Gasteiger partial charge in [0.15, 0.2) is 0 Å². The topological polar surface area (TPSA) is 0 Å². The maximum Gasteiger partial charge on any atom is 0.0487 e. The molecule has 19 heavy (non-hydrogen) atoms. The summed E-state index contributed by atoms with van der Waals surface area (Å²) in [7, 11) is 0. The van der Waals surface area contributed by atoms with Gasteiger partial charge in [0.2, 0.25) is 0 Å². The van der Waals surface area contributed by atoms with Gasteiger partial charge in [0, 0.05) is 15.1 Å². The van der Waals surface area contributed by atoms with Crippen molar-refractivity contribution in [3.63, 3.8) is 0 Å². The fourth-order valence-electron chi connectivity index (χ4n) is 2.04. The third-order valence-corrected chi connectivity index (χ3v) is 4.22. The molecule has 0 amide bonds. The van der Waals surface area contributed by atoms with Crippen molar-refractivity contribution < 1.29 is 0 Å². The predicted molar refractivity (Wildman–Crippen MR) is 88.0 cm³/mol. The van der Waals surface area contributed by atoms with Crippen molar-refractivity contribution in [2.75, 3.05) is 0 Å². The van der Waals surface area contributed by atoms with Crippen LogP contribution in [-0.2, 0) is 5.41 Å². The molecule has 0 saturated carbocycles. The van der Waals surface area contributed by atoms with Crippen LogP contribution in [0.5, 0.6) is 0 Å². The van der Waals surface area contributed by atoms with Gasteiger partial charge in [0.1, 0.15) is 0 Å². The maximum atomic E-state index is 6.34. The monoisotopic (exact) mass is 336 g/mol. The zero-order valence-corrected chi connectivity index (χ0v) is 14.1. The predicted octanol–water partition coefficient (Wildman–Crippen LogP) is 6.38. The fraction of sp³-hybridized carbons (Fsp3) is 0.294. The molecule has 0 unspecified atom stereocenters. The van der Waals surface area contributed by atoms with Gasteiger partial charge in [-0.3, -0.25) is 0 Å². The molecule has 100 valence electrons. The second kappa shape index (κ2) is 5.30. The standard InChI is InChI=1S/C17H18BrCl/c1-11-5-7-14(16(19)9-11)13-8-6-12(10-15(13)18)17(2,3)4/h5-10H,1-4H3. The van der Waals surface area contributed by atoms with Gasteiger partial charge in [0.05, 0.1) is 0 Å². The van der Waals surface area contributed by atoms with E-state index in [1.807, 2.05) is 13.0 Å². The molecule has 0 N–H and O–H groups in total. The minimum Gasteiger partial charge on any atom is -0.0837 e. The Morgan fingerprint density at radius 3 is 2.11 bits per heavy atom. The molecule has 2 aromatic carbocycles. The van der Waals surface area contributed by atoms with Crippen molar-refractivity contribution >= 4 is 27.5 Å². The summed E-state index contributed by atoms with van der Waals surface area (Å²) >= 11 is 10.0. The highest BCUT2D eigenvalue weighted by molar-refractivity contribution is 9.10. The van der Waals surface area contributed by atoms with Crippen molar-refractivity contribution in [1.29, 1.82) is 0 Å². The summed E-state index contributed by atoms with van der Waals surface area (Å²) in [6.07, 6.45) is 0. The van der Waals surface area contributed by atoms with Gasteiger partial charge in [-0.05, 0) is 41.2 Å². The van der Waals surface area contributed by atoms with Gasteiger partial charge in [-0.25, -0.2) is 0 Å². The average Bonchev–Trinajstić information content (AvgIpc) is 2.28. The second-order valence-corrected chi connectivity index (χ2v) is 7.19. The lowest BCUT2D eigenvalue weighted by atomic mass is 9.86. The molecule has 0 fully saturated rings. The van der Waals surface area contributed by atoms with Crippen LogP contribution in [-0.4, -0.2) is 0 Å². The SMILES string of the molecule is Cc1ccc(-c2ccc(C(C)(C)C)cc2Br)c(Cl)c1. The van der Waals surface area contributed by atoms with Crippen LogP contribution in [0.3, 0.4) is 0 Å². The Kier molecular flexibility index (Phi) is 4.08. The first-order valence-electron chi connectivity index (χ1n) is 6.35. The Balaban J connectivity index is 2.52. The zero-order chi connectivity index (χ0) is 14.2. The van der Waals surface area contributed by atoms with E-state index in [-0.39, 0.29) is 5.41 Å². The van der Waals surface area contributed by atoms with E-state index in [1.165, 1.54) is 11.1 Å². The number of halogens is 2. The van der Waals surface area contributed by atoms with E-state index in [0.717, 1.165) is 20.6 Å². The first-order chi connectivity index (χ1) is 8.79. The molecular formula is C17H18BrCl. The van der Waals surface area contributed by atoms with E-state index >= 15 is 0 Å². The minimum atomic E-state index is 0.151. The highest BCUT2D eigenvalue weighted by atomic mass is 79.9. The fourth-order valence-corrected chi connectivity index (χ4v) is 2.97. The van der Waals surface area contributed by atoms with Gasteiger partial charge in [-0.1, -0.05) is 72.6 Å². The molecule has 0 nitrogen and oxygen atoms in total. The van der Waals surface area contributed by atoms with Crippen molar-refractivity contribution in [3.05, 3.63) is 57.0 Å². The van der Waals surface area contributed by atoms with Crippen LogP contribution in [0.2, 0.25) is 5.02 Å². The van der Waals surface area contributed by atoms with Crippen LogP contribution in [0, 0.1) is 6.92 Å². The lowest BCUT2D eigenvalue weighted by Crippen LogP contribution is -2.10. The van der Waals surface area contributed by atoms with Gasteiger partial charge in [-0.2, -0.15) is 0 Å². The smallest absolute Gasteiger partial charge is 0.0487 e. The van der Waals surface area contributed by atoms with Gasteiger partial charge in [0.25, 0.3) is 0 Å². The van der Waals surface area contributed by atoms with E-state index < -0.39 is 0 Å². The van der Waals surface area contributed by atoms with Gasteiger partial charge in [-0.15, -0.1) is 0 Å². The molecule has 2 rings (SSSR count). The minimum absolute atomic E-state index is 0.151. The first-order valence-corrected chi connectivity index (χ1v) is 7.52. The average molecular weight is 338 g/mol. The molecule has 0 aliphatic rings. The largest absolute Gasteiger partial charge is 0.0837 e. The van der Waals surface area contributed by atoms with Crippen LogP contribution in [0.15, 0.2) is 40.9 Å². The second-order valence-electron chi connectivity index (χ2n) is 5.93. The summed E-state index contributed by atoms with van der Waals surface area (Å²) in [6, 6.07) is 12.7. The molecular weight excluding hydrogens is 320 g/mol. The lowest BCUT2D eigenvalue weighted by molar-refractivity contribution is 0.590. The Morgan fingerprint density at radius 2 is 1.58 bits per heavy atom. The number of benzene rings is 2. The third-order valence-electron chi connectivity index (χ3n) is 3.25. The quantitative estimate of drug-likeness (QED) is 0.566. The van der Waals surface area contributed by atoms with Crippen LogP contribution >= 0.6 is 27.5 Å². The lowest BCUT2D eigenvalue weighted by Gasteiger charge is -2.20. The highest BCUT2D eigenvalue weighted by Crippen LogP contribution is 2.36. The molecule has 0 aliphatic carbocycles. The molecule has 0 spiro atoms. The number of rotatable bonds is 1. The normalized spacial score (nSPS) is 11.7. The van der Waals surface area contributed by atoms with E-state index in [2.05, 4.69) is 67.0 Å². The number of aryl methyl sites for hydroxylation is 1. The van der Waals surface area contributed by atoms with E-state index in [0.29, 0.717) is 0 Å². The van der Waals surface area contributed by atoms with Crippen molar-refractivity contribution in [2.24, 2.45) is 0 Å². The first kappa shape index (κ1) is 14.6. The van der Waals surface area contributed by atoms with Crippen LogP contribution in [0.25, 0.3) is 11.1 Å². The van der Waals surface area contributed by atoms with E-state index in [9.17, 15) is 0 Å². The summed E-state index contributed by atoms with van der Waals surface area (Å²) in [6.45, 7) is 8.70. The van der Waals surface area contributed by atoms with Crippen molar-refractivity contribution in [1.82, 2.24) is 0 Å². The van der Waals surface area contributed by atoms with E-state index in [4.69, 9.17) is 11.6 Å². The molecule has 0 heterocycles. The van der Waals surface area contributed by atoms with Gasteiger partial charge < -0.3 is 0 Å². The molecule has 0 aromatic heterocycles. The van der Waals surface area contributed by atoms with E-state index in [1.54, 1.807) is 0 Å². The molecule has 0 aliphatic heterocycles. The Morgan fingerprint density at radius 1 is 0.947 bits per heavy atom. The molecule has 0 saturated heterocycles. The number of hydrogen-bond acceptors (Lipinski definition) is 0. The van der Waals surface area contributed by atoms with Crippen molar-refractivity contribution in [2.45, 2.75) is 33.1 Å². The Hall–Kier alpha value is -0.790. The number of hydrogen-bond donors (Lipinski definition) is 0. The molecule has 2 heteroatoms. The van der Waals surface area contributed by atoms with Crippen LogP contribution in [0.4, 0.5) is 0 Å². The molecule has 0 bridgehead atoms. The van der Waals surface area contributed by atoms with Crippen molar-refractivity contribution in [3.8, 4) is 11.1 Å². The third kappa shape index (κ3) is 3.21. The summed E-state index contributed by atoms with van der Waals surface area (Å²) in [5.41, 5.74) is 4.85. The summed E-state index contributed by atoms with van der Waals surface area (Å²) in [4.78, 5) is 0. The van der Waals surface area contributed by atoms with Crippen LogP contribution < -0.4 is 0 Å². The summed E-state index contributed by atoms with van der Waals surface area (Å²) < 4.78 is 1.09. The zero-order valence-electron chi connectivity index (χ0n) is 11.7. The summed E-state index contributed by atoms with van der Waals surface area (Å²) in [5.74, 6) is 0. The molecule has 0 radical (unpaired) electrons. The van der Waals surface area contributed by atoms with Crippen LogP contribution in [0.1, 0.15) is 31.9 Å². The van der Waals surface area contributed by atoms with Gasteiger partial charge >= 0.3 is 0 Å². The molecule has 0 atom stereocenters. The summed E-state index contributed by atoms with van der Waals surface area (Å²) in [5, 5.41) is 0.796. The molecule has 2 aromatic rings. The Bertz CT molecular complexity index is 609. The highest BCUT2D eigenvalue weighted by Gasteiger charge is 2.16. The maximum absolute atomic E-state index is 6.34. The Labute approximate surface area is 128 Å².